The molecule has 0 saturated heterocycles. The third-order valence-electron chi connectivity index (χ3n) is 3.01. The van der Waals surface area contributed by atoms with Gasteiger partial charge in [-0.15, -0.1) is 0 Å². The molecule has 0 atom stereocenters. The molecule has 1 amide bonds. The number of aromatic nitrogens is 2. The third-order valence-corrected chi connectivity index (χ3v) is 3.01. The van der Waals surface area contributed by atoms with Gasteiger partial charge in [0.25, 0.3) is 5.91 Å². The Hall–Kier alpha value is -2.37. The second kappa shape index (κ2) is 4.38. The van der Waals surface area contributed by atoms with Crippen molar-refractivity contribution in [3.63, 3.8) is 0 Å². The summed E-state index contributed by atoms with van der Waals surface area (Å²) in [5.41, 5.74) is 6.80. The number of nitrogens with two attached hydrogens (primary N) is 1. The maximum atomic E-state index is 12.7. The molecule has 0 spiro atoms. The molecule has 1 aliphatic rings. The number of hydrogen-bond acceptors (Lipinski definition) is 3. The van der Waals surface area contributed by atoms with E-state index in [0.717, 1.165) is 19.0 Å². The smallest absolute Gasteiger partial charge is 0.273 e. The number of halogens is 1. The molecule has 0 unspecified atom stereocenters. The summed E-state index contributed by atoms with van der Waals surface area (Å²) in [6.07, 6.45) is 4.95. The summed E-state index contributed by atoms with van der Waals surface area (Å²) in [4.78, 5) is 15.9. The number of nitrogens with one attached hydrogen (secondary N) is 1. The van der Waals surface area contributed by atoms with E-state index in [2.05, 4.69) is 10.3 Å². The van der Waals surface area contributed by atoms with Gasteiger partial charge in [-0.2, -0.15) is 0 Å². The predicted octanol–water partition coefficient (Wildman–Crippen LogP) is 2.19. The minimum atomic E-state index is -0.441. The van der Waals surface area contributed by atoms with Crippen LogP contribution in [0.2, 0.25) is 0 Å². The molecule has 2 heterocycles. The van der Waals surface area contributed by atoms with Gasteiger partial charge in [0.15, 0.2) is 0 Å². The maximum absolute atomic E-state index is 12.7. The topological polar surface area (TPSA) is 72.9 Å². The summed E-state index contributed by atoms with van der Waals surface area (Å²) in [7, 11) is 0. The number of carbonyl (C=O) groups is 1. The molecule has 2 aromatic heterocycles. The van der Waals surface area contributed by atoms with Crippen LogP contribution in [0.15, 0.2) is 30.6 Å². The highest BCUT2D eigenvalue weighted by molar-refractivity contribution is 6.03. The Labute approximate surface area is 109 Å². The summed E-state index contributed by atoms with van der Waals surface area (Å²) in [6.45, 7) is 0. The lowest BCUT2D eigenvalue weighted by atomic mass is 10.3. The summed E-state index contributed by atoms with van der Waals surface area (Å²) in [5, 5.41) is 2.63. The molecule has 3 rings (SSSR count). The lowest BCUT2D eigenvalue weighted by Gasteiger charge is -2.07. The molecular weight excluding hydrogens is 247 g/mol. The first kappa shape index (κ1) is 11.7. The molecule has 0 aliphatic heterocycles. The molecule has 1 aliphatic carbocycles. The van der Waals surface area contributed by atoms with Crippen molar-refractivity contribution in [2.75, 3.05) is 11.1 Å². The van der Waals surface area contributed by atoms with Gasteiger partial charge in [0.05, 0.1) is 11.9 Å². The number of carbonyl (C=O) groups excluding carboxylic acids is 1. The average molecular weight is 260 g/mol. The van der Waals surface area contributed by atoms with E-state index in [1.54, 1.807) is 12.3 Å². The minimum Gasteiger partial charge on any atom is -0.397 e. The van der Waals surface area contributed by atoms with Crippen LogP contribution in [0.4, 0.5) is 15.9 Å². The molecule has 1 fully saturated rings. The van der Waals surface area contributed by atoms with Gasteiger partial charge >= 0.3 is 0 Å². The van der Waals surface area contributed by atoms with Crippen LogP contribution in [-0.4, -0.2) is 15.5 Å². The van der Waals surface area contributed by atoms with E-state index < -0.39 is 5.82 Å². The van der Waals surface area contributed by atoms with Crippen LogP contribution in [0.3, 0.4) is 0 Å². The second-order valence-corrected chi connectivity index (χ2v) is 4.61. The van der Waals surface area contributed by atoms with Crippen LogP contribution < -0.4 is 11.1 Å². The van der Waals surface area contributed by atoms with Crippen molar-refractivity contribution >= 4 is 17.4 Å². The molecule has 98 valence electrons. The Morgan fingerprint density at radius 2 is 2.26 bits per heavy atom. The van der Waals surface area contributed by atoms with E-state index in [4.69, 9.17) is 5.73 Å². The van der Waals surface area contributed by atoms with Crippen LogP contribution in [-0.2, 0) is 0 Å². The average Bonchev–Trinajstić information content (AvgIpc) is 3.15. The SMILES string of the molecule is Nc1cc(C(=O)Nc2ccc(F)cn2)n(C2CC2)c1. The summed E-state index contributed by atoms with van der Waals surface area (Å²) in [6, 6.07) is 4.66. The predicted molar refractivity (Wildman–Crippen MR) is 69.3 cm³/mol. The van der Waals surface area contributed by atoms with E-state index >= 15 is 0 Å². The van der Waals surface area contributed by atoms with E-state index in [1.165, 1.54) is 12.1 Å². The third kappa shape index (κ3) is 2.42. The van der Waals surface area contributed by atoms with Gasteiger partial charge in [0.2, 0.25) is 0 Å². The number of pyridine rings is 1. The van der Waals surface area contributed by atoms with Gasteiger partial charge in [0, 0.05) is 12.2 Å². The van der Waals surface area contributed by atoms with Crippen LogP contribution in [0.5, 0.6) is 0 Å². The summed E-state index contributed by atoms with van der Waals surface area (Å²) < 4.78 is 14.6. The Balaban J connectivity index is 1.82. The van der Waals surface area contributed by atoms with Crippen molar-refractivity contribution in [3.8, 4) is 0 Å². The van der Waals surface area contributed by atoms with E-state index in [9.17, 15) is 9.18 Å². The molecule has 6 heteroatoms. The Morgan fingerprint density at radius 3 is 2.89 bits per heavy atom. The normalized spacial score (nSPS) is 14.4. The number of rotatable bonds is 3. The van der Waals surface area contributed by atoms with Crippen molar-refractivity contribution in [1.82, 2.24) is 9.55 Å². The van der Waals surface area contributed by atoms with E-state index in [-0.39, 0.29) is 5.91 Å². The molecule has 1 saturated carbocycles. The van der Waals surface area contributed by atoms with Gasteiger partial charge in [-0.25, -0.2) is 9.37 Å². The zero-order valence-corrected chi connectivity index (χ0v) is 10.1. The van der Waals surface area contributed by atoms with Gasteiger partial charge in [-0.1, -0.05) is 0 Å². The lowest BCUT2D eigenvalue weighted by molar-refractivity contribution is 0.101. The number of amides is 1. The van der Waals surface area contributed by atoms with Crippen molar-refractivity contribution in [1.29, 1.82) is 0 Å². The maximum Gasteiger partial charge on any atom is 0.273 e. The van der Waals surface area contributed by atoms with Crippen molar-refractivity contribution < 1.29 is 9.18 Å². The number of hydrogen-bond donors (Lipinski definition) is 2. The van der Waals surface area contributed by atoms with Crippen LogP contribution >= 0.6 is 0 Å². The van der Waals surface area contributed by atoms with E-state index in [1.807, 2.05) is 4.57 Å². The summed E-state index contributed by atoms with van der Waals surface area (Å²) in [5.74, 6) is -0.417. The molecule has 19 heavy (non-hydrogen) atoms. The van der Waals surface area contributed by atoms with Crippen molar-refractivity contribution in [2.24, 2.45) is 0 Å². The monoisotopic (exact) mass is 260 g/mol. The highest BCUT2D eigenvalue weighted by atomic mass is 19.1. The lowest BCUT2D eigenvalue weighted by Crippen LogP contribution is -2.17. The first-order valence-electron chi connectivity index (χ1n) is 6.04. The molecule has 0 aromatic carbocycles. The van der Waals surface area contributed by atoms with E-state index in [0.29, 0.717) is 23.2 Å². The fraction of sp³-hybridized carbons (Fsp3) is 0.231. The van der Waals surface area contributed by atoms with Gasteiger partial charge < -0.3 is 15.6 Å². The van der Waals surface area contributed by atoms with Gasteiger partial charge in [0.1, 0.15) is 17.3 Å². The number of nitrogen functional groups attached to an aromatic ring is 1. The molecule has 0 bridgehead atoms. The first-order valence-corrected chi connectivity index (χ1v) is 6.04. The van der Waals surface area contributed by atoms with Crippen LogP contribution in [0.1, 0.15) is 29.4 Å². The Morgan fingerprint density at radius 1 is 1.47 bits per heavy atom. The van der Waals surface area contributed by atoms with Crippen LogP contribution in [0.25, 0.3) is 0 Å². The standard InChI is InChI=1S/C13H13FN4O/c14-8-1-4-12(16-6-8)17-13(19)11-5-9(15)7-18(11)10-2-3-10/h1,4-7,10H,2-3,15H2,(H,16,17,19). The fourth-order valence-electron chi connectivity index (χ4n) is 1.97. The second-order valence-electron chi connectivity index (χ2n) is 4.61. The number of nitrogens with zero attached hydrogens (tertiary/aromatic N) is 2. The molecule has 2 aromatic rings. The summed E-state index contributed by atoms with van der Waals surface area (Å²) >= 11 is 0. The Kier molecular flexibility index (Phi) is 2.70. The van der Waals surface area contributed by atoms with Crippen molar-refractivity contribution in [3.05, 3.63) is 42.1 Å². The van der Waals surface area contributed by atoms with Crippen molar-refractivity contribution in [2.45, 2.75) is 18.9 Å². The van der Waals surface area contributed by atoms with Gasteiger partial charge in [-0.3, -0.25) is 4.79 Å². The molecule has 0 radical (unpaired) electrons. The zero-order chi connectivity index (χ0) is 13.4. The quantitative estimate of drug-likeness (QED) is 0.888. The molecule has 5 nitrogen and oxygen atoms in total. The Bertz CT molecular complexity index is 616. The molecule has 3 N–H and O–H groups in total. The highest BCUT2D eigenvalue weighted by Gasteiger charge is 2.27. The van der Waals surface area contributed by atoms with Crippen LogP contribution in [0, 0.1) is 5.82 Å². The number of anilines is 2. The zero-order valence-electron chi connectivity index (χ0n) is 10.1. The first-order chi connectivity index (χ1) is 9.13. The largest absolute Gasteiger partial charge is 0.397 e. The van der Waals surface area contributed by atoms with Gasteiger partial charge in [-0.05, 0) is 31.0 Å². The molecular formula is C13H13FN4O. The minimum absolute atomic E-state index is 0.289. The fourth-order valence-corrected chi connectivity index (χ4v) is 1.97. The highest BCUT2D eigenvalue weighted by Crippen LogP contribution is 2.37.